The predicted octanol–water partition coefficient (Wildman–Crippen LogP) is 1.69. The number of nitrogens with one attached hydrogen (secondary N) is 2. The maximum atomic E-state index is 11.5. The predicted molar refractivity (Wildman–Crippen MR) is 94.9 cm³/mol. The number of rotatable bonds is 6. The van der Waals surface area contributed by atoms with Gasteiger partial charge in [0.2, 0.25) is 0 Å². The van der Waals surface area contributed by atoms with Crippen LogP contribution in [0.25, 0.3) is 0 Å². The fourth-order valence-electron chi connectivity index (χ4n) is 1.83. The lowest BCUT2D eigenvalue weighted by molar-refractivity contribution is 0.0599. The highest BCUT2D eigenvalue weighted by Crippen LogP contribution is 2.15. The summed E-state index contributed by atoms with van der Waals surface area (Å²) < 4.78 is 15.3. The number of carbonyl (C=O) groups is 1. The number of hydrogen-bond donors (Lipinski definition) is 2. The average molecular weight is 425 g/mol. The van der Waals surface area contributed by atoms with Gasteiger partial charge >= 0.3 is 5.97 Å². The zero-order valence-electron chi connectivity index (χ0n) is 13.6. The van der Waals surface area contributed by atoms with Gasteiger partial charge in [-0.15, -0.1) is 24.0 Å². The van der Waals surface area contributed by atoms with Gasteiger partial charge in [0.1, 0.15) is 17.1 Å². The van der Waals surface area contributed by atoms with E-state index in [2.05, 4.69) is 20.4 Å². The van der Waals surface area contributed by atoms with E-state index >= 15 is 0 Å². The van der Waals surface area contributed by atoms with Crippen molar-refractivity contribution in [3.05, 3.63) is 23.2 Å². The molecule has 0 fully saturated rings. The fourth-order valence-corrected chi connectivity index (χ4v) is 1.83. The minimum atomic E-state index is -0.404. The van der Waals surface area contributed by atoms with Crippen LogP contribution in [0.4, 0.5) is 0 Å². The molecule has 8 heteroatoms. The summed E-state index contributed by atoms with van der Waals surface area (Å²) in [5.74, 6) is 1.40. The van der Waals surface area contributed by atoms with Gasteiger partial charge in [-0.1, -0.05) is 0 Å². The molecule has 22 heavy (non-hydrogen) atoms. The van der Waals surface area contributed by atoms with Gasteiger partial charge < -0.3 is 24.5 Å². The number of aliphatic imine (C=N–C) groups is 1. The van der Waals surface area contributed by atoms with Crippen molar-refractivity contribution in [2.45, 2.75) is 26.4 Å². The number of esters is 1. The first-order chi connectivity index (χ1) is 10.0. The van der Waals surface area contributed by atoms with Crippen LogP contribution >= 0.6 is 24.0 Å². The van der Waals surface area contributed by atoms with Crippen LogP contribution in [0.15, 0.2) is 15.5 Å². The van der Waals surface area contributed by atoms with E-state index in [0.29, 0.717) is 36.2 Å². The Morgan fingerprint density at radius 3 is 2.68 bits per heavy atom. The summed E-state index contributed by atoms with van der Waals surface area (Å²) in [7, 11) is 4.67. The molecular weight excluding hydrogens is 401 g/mol. The largest absolute Gasteiger partial charge is 0.465 e. The molecule has 1 atom stereocenters. The quantitative estimate of drug-likeness (QED) is 0.312. The molecule has 0 aliphatic heterocycles. The Morgan fingerprint density at radius 2 is 2.14 bits per heavy atom. The number of furan rings is 1. The first kappa shape index (κ1) is 20.7. The number of methoxy groups -OCH3 is 2. The second kappa shape index (κ2) is 10.4. The molecule has 0 saturated carbocycles. The molecule has 1 rings (SSSR count). The Hall–Kier alpha value is -1.29. The Kier molecular flexibility index (Phi) is 9.83. The van der Waals surface area contributed by atoms with E-state index in [4.69, 9.17) is 9.15 Å². The molecule has 126 valence electrons. The van der Waals surface area contributed by atoms with Crippen LogP contribution in [0.1, 0.15) is 28.8 Å². The summed E-state index contributed by atoms with van der Waals surface area (Å²) >= 11 is 0. The van der Waals surface area contributed by atoms with E-state index in [9.17, 15) is 4.79 Å². The molecule has 2 N–H and O–H groups in total. The van der Waals surface area contributed by atoms with Crippen molar-refractivity contribution < 1.29 is 18.7 Å². The molecule has 0 bridgehead atoms. The molecule has 1 unspecified atom stereocenters. The number of carbonyl (C=O) groups excluding carboxylic acids is 1. The molecule has 0 amide bonds. The normalized spacial score (nSPS) is 12.3. The zero-order chi connectivity index (χ0) is 15.8. The Bertz CT molecular complexity index is 502. The lowest BCUT2D eigenvalue weighted by Crippen LogP contribution is -2.43. The minimum Gasteiger partial charge on any atom is -0.465 e. The summed E-state index contributed by atoms with van der Waals surface area (Å²) in [6.07, 6.45) is 0. The van der Waals surface area contributed by atoms with E-state index in [-0.39, 0.29) is 30.0 Å². The van der Waals surface area contributed by atoms with Gasteiger partial charge in [-0.25, -0.2) is 4.79 Å². The summed E-state index contributed by atoms with van der Waals surface area (Å²) in [5, 5.41) is 6.28. The second-order valence-corrected chi connectivity index (χ2v) is 4.60. The molecule has 1 aromatic heterocycles. The molecular formula is C14H24IN3O4. The average Bonchev–Trinajstić information content (AvgIpc) is 2.84. The Labute approximate surface area is 147 Å². The molecule has 0 saturated heterocycles. The van der Waals surface area contributed by atoms with Crippen LogP contribution in [0.5, 0.6) is 0 Å². The summed E-state index contributed by atoms with van der Waals surface area (Å²) in [6, 6.07) is 1.80. The lowest BCUT2D eigenvalue weighted by atomic mass is 10.2. The molecule has 0 radical (unpaired) electrons. The first-order valence-electron chi connectivity index (χ1n) is 6.65. The molecule has 7 nitrogen and oxygen atoms in total. The van der Waals surface area contributed by atoms with Crippen molar-refractivity contribution >= 4 is 35.9 Å². The Morgan fingerprint density at radius 1 is 1.45 bits per heavy atom. The zero-order valence-corrected chi connectivity index (χ0v) is 15.9. The molecule has 1 aromatic rings. The van der Waals surface area contributed by atoms with Crippen LogP contribution < -0.4 is 10.6 Å². The molecule has 1 heterocycles. The van der Waals surface area contributed by atoms with E-state index < -0.39 is 5.97 Å². The topological polar surface area (TPSA) is 85.1 Å². The number of ether oxygens (including phenoxy) is 2. The van der Waals surface area contributed by atoms with Crippen LogP contribution in [0.3, 0.4) is 0 Å². The molecule has 0 aromatic carbocycles. The number of hydrogen-bond acceptors (Lipinski definition) is 5. The van der Waals surface area contributed by atoms with Crippen LogP contribution in [0.2, 0.25) is 0 Å². The van der Waals surface area contributed by atoms with Crippen molar-refractivity contribution in [1.82, 2.24) is 10.6 Å². The van der Waals surface area contributed by atoms with Crippen LogP contribution in [0, 0.1) is 6.92 Å². The molecule has 0 spiro atoms. The van der Waals surface area contributed by atoms with Crippen molar-refractivity contribution in [3.63, 3.8) is 0 Å². The number of guanidine groups is 1. The van der Waals surface area contributed by atoms with E-state index in [0.717, 1.165) is 0 Å². The van der Waals surface area contributed by atoms with Gasteiger partial charge in [-0.05, 0) is 19.9 Å². The third-order valence-corrected chi connectivity index (χ3v) is 2.83. The van der Waals surface area contributed by atoms with Crippen molar-refractivity contribution in [3.8, 4) is 0 Å². The van der Waals surface area contributed by atoms with E-state index in [1.807, 2.05) is 6.92 Å². The van der Waals surface area contributed by atoms with Crippen molar-refractivity contribution in [2.75, 3.05) is 27.9 Å². The number of aryl methyl sites for hydroxylation is 1. The third-order valence-electron chi connectivity index (χ3n) is 2.83. The number of nitrogens with zero attached hydrogens (tertiary/aromatic N) is 1. The second-order valence-electron chi connectivity index (χ2n) is 4.60. The van der Waals surface area contributed by atoms with Gasteiger partial charge in [0.05, 0.1) is 20.3 Å². The maximum Gasteiger partial charge on any atom is 0.341 e. The summed E-state index contributed by atoms with van der Waals surface area (Å²) in [4.78, 5) is 15.6. The highest BCUT2D eigenvalue weighted by atomic mass is 127. The van der Waals surface area contributed by atoms with Crippen molar-refractivity contribution in [2.24, 2.45) is 4.99 Å². The summed E-state index contributed by atoms with van der Waals surface area (Å²) in [5.41, 5.74) is 0.435. The monoisotopic (exact) mass is 425 g/mol. The van der Waals surface area contributed by atoms with Gasteiger partial charge in [0, 0.05) is 20.2 Å². The number of halogens is 1. The van der Waals surface area contributed by atoms with E-state index in [1.54, 1.807) is 27.1 Å². The molecule has 0 aliphatic carbocycles. The Balaban J connectivity index is 0.00000441. The minimum absolute atomic E-state index is 0. The van der Waals surface area contributed by atoms with Gasteiger partial charge in [0.15, 0.2) is 5.96 Å². The standard InChI is InChI=1S/C14H23N3O4.HI/c1-9(8-19-4)17-14(15-3)16-7-11-6-12(10(2)21-11)13(18)20-5;/h6,9H,7-8H2,1-5H3,(H2,15,16,17);1H. The van der Waals surface area contributed by atoms with Crippen LogP contribution in [-0.4, -0.2) is 45.8 Å². The highest BCUT2D eigenvalue weighted by molar-refractivity contribution is 14.0. The van der Waals surface area contributed by atoms with Crippen molar-refractivity contribution in [1.29, 1.82) is 0 Å². The van der Waals surface area contributed by atoms with E-state index in [1.165, 1.54) is 7.11 Å². The van der Waals surface area contributed by atoms with Gasteiger partial charge in [-0.3, -0.25) is 4.99 Å². The third kappa shape index (κ3) is 6.22. The van der Waals surface area contributed by atoms with Crippen LogP contribution in [-0.2, 0) is 16.0 Å². The smallest absolute Gasteiger partial charge is 0.341 e. The molecule has 0 aliphatic rings. The maximum absolute atomic E-state index is 11.5. The fraction of sp³-hybridized carbons (Fsp3) is 0.571. The van der Waals surface area contributed by atoms with Gasteiger partial charge in [0.25, 0.3) is 0 Å². The first-order valence-corrected chi connectivity index (χ1v) is 6.65. The SMILES string of the molecule is CN=C(NCc1cc(C(=O)OC)c(C)o1)NC(C)COC.I. The lowest BCUT2D eigenvalue weighted by Gasteiger charge is -2.16. The van der Waals surface area contributed by atoms with Gasteiger partial charge in [-0.2, -0.15) is 0 Å². The summed E-state index contributed by atoms with van der Waals surface area (Å²) in [6.45, 7) is 4.70. The highest BCUT2D eigenvalue weighted by Gasteiger charge is 2.15.